The van der Waals surface area contributed by atoms with E-state index in [-0.39, 0.29) is 5.91 Å². The Bertz CT molecular complexity index is 450. The van der Waals surface area contributed by atoms with Gasteiger partial charge in [-0.1, -0.05) is 24.9 Å². The zero-order valence-electron chi connectivity index (χ0n) is 10.6. The molecule has 3 N–H and O–H groups in total. The quantitative estimate of drug-likeness (QED) is 0.822. The Balaban J connectivity index is 1.99. The number of hydrogen-bond donors (Lipinski definition) is 2. The molecule has 18 heavy (non-hydrogen) atoms. The third kappa shape index (κ3) is 2.61. The molecule has 1 aromatic rings. The summed E-state index contributed by atoms with van der Waals surface area (Å²) in [6.07, 6.45) is 4.80. The molecule has 0 aliphatic heterocycles. The van der Waals surface area contributed by atoms with Crippen molar-refractivity contribution in [1.82, 2.24) is 5.32 Å². The van der Waals surface area contributed by atoms with Gasteiger partial charge in [0.2, 0.25) is 0 Å². The van der Waals surface area contributed by atoms with Crippen molar-refractivity contribution in [1.29, 1.82) is 0 Å². The van der Waals surface area contributed by atoms with Crippen LogP contribution in [0.15, 0.2) is 18.2 Å². The van der Waals surface area contributed by atoms with Gasteiger partial charge in [-0.25, -0.2) is 0 Å². The number of carbonyl (C=O) groups is 1. The fourth-order valence-electron chi connectivity index (χ4n) is 2.41. The first kappa shape index (κ1) is 13.2. The minimum atomic E-state index is -0.111. The number of carbonyl (C=O) groups excluding carboxylic acids is 1. The standard InChI is InChI=1S/C14H19ClN2O/c1-2-14(6-3-7-14)9-17-13(18)11-5-4-10(16)8-12(11)15/h4-5,8H,2-3,6-7,9,16H2,1H3,(H,17,18). The van der Waals surface area contributed by atoms with Crippen molar-refractivity contribution in [3.8, 4) is 0 Å². The minimum Gasteiger partial charge on any atom is -0.399 e. The monoisotopic (exact) mass is 266 g/mol. The minimum absolute atomic E-state index is 0.111. The van der Waals surface area contributed by atoms with Gasteiger partial charge in [-0.2, -0.15) is 0 Å². The molecule has 1 saturated carbocycles. The van der Waals surface area contributed by atoms with Gasteiger partial charge in [0.25, 0.3) is 5.91 Å². The van der Waals surface area contributed by atoms with E-state index in [0.29, 0.717) is 21.7 Å². The number of halogens is 1. The van der Waals surface area contributed by atoms with Crippen molar-refractivity contribution in [2.24, 2.45) is 5.41 Å². The van der Waals surface area contributed by atoms with Crippen LogP contribution in [0.4, 0.5) is 5.69 Å². The highest BCUT2D eigenvalue weighted by Gasteiger charge is 2.35. The molecule has 3 nitrogen and oxygen atoms in total. The van der Waals surface area contributed by atoms with E-state index in [4.69, 9.17) is 17.3 Å². The number of hydrogen-bond acceptors (Lipinski definition) is 2. The average molecular weight is 267 g/mol. The average Bonchev–Trinajstić information content (AvgIpc) is 2.27. The molecular weight excluding hydrogens is 248 g/mol. The highest BCUT2D eigenvalue weighted by molar-refractivity contribution is 6.34. The maximum atomic E-state index is 12.0. The molecule has 1 aromatic carbocycles. The SMILES string of the molecule is CCC1(CNC(=O)c2ccc(N)cc2Cl)CCC1. The molecule has 1 aliphatic rings. The van der Waals surface area contributed by atoms with Crippen molar-refractivity contribution in [3.63, 3.8) is 0 Å². The zero-order valence-corrected chi connectivity index (χ0v) is 11.4. The maximum absolute atomic E-state index is 12.0. The van der Waals surface area contributed by atoms with Gasteiger partial charge >= 0.3 is 0 Å². The van der Waals surface area contributed by atoms with Crippen LogP contribution in [0, 0.1) is 5.41 Å². The van der Waals surface area contributed by atoms with E-state index in [1.54, 1.807) is 18.2 Å². The lowest BCUT2D eigenvalue weighted by atomic mass is 9.67. The molecule has 2 rings (SSSR count). The van der Waals surface area contributed by atoms with Gasteiger partial charge < -0.3 is 11.1 Å². The topological polar surface area (TPSA) is 55.1 Å². The largest absolute Gasteiger partial charge is 0.399 e. The number of nitrogens with two attached hydrogens (primary N) is 1. The molecular formula is C14H19ClN2O. The van der Waals surface area contributed by atoms with Gasteiger partial charge in [-0.3, -0.25) is 4.79 Å². The van der Waals surface area contributed by atoms with Crippen LogP contribution in [0.2, 0.25) is 5.02 Å². The van der Waals surface area contributed by atoms with Crippen LogP contribution in [-0.4, -0.2) is 12.5 Å². The summed E-state index contributed by atoms with van der Waals surface area (Å²) in [4.78, 5) is 12.0. The summed E-state index contributed by atoms with van der Waals surface area (Å²) in [6.45, 7) is 2.92. The molecule has 98 valence electrons. The fourth-order valence-corrected chi connectivity index (χ4v) is 2.69. The van der Waals surface area contributed by atoms with Crippen LogP contribution >= 0.6 is 11.6 Å². The first-order chi connectivity index (χ1) is 8.56. The van der Waals surface area contributed by atoms with Crippen molar-refractivity contribution >= 4 is 23.2 Å². The summed E-state index contributed by atoms with van der Waals surface area (Å²) in [5, 5.41) is 3.40. The molecule has 4 heteroatoms. The summed E-state index contributed by atoms with van der Waals surface area (Å²) < 4.78 is 0. The summed E-state index contributed by atoms with van der Waals surface area (Å²) in [5.41, 5.74) is 6.99. The van der Waals surface area contributed by atoms with E-state index < -0.39 is 0 Å². The van der Waals surface area contributed by atoms with Crippen LogP contribution in [0.3, 0.4) is 0 Å². The number of nitrogens with one attached hydrogen (secondary N) is 1. The van der Waals surface area contributed by atoms with E-state index in [0.717, 1.165) is 13.0 Å². The van der Waals surface area contributed by atoms with E-state index >= 15 is 0 Å². The highest BCUT2D eigenvalue weighted by Crippen LogP contribution is 2.43. The van der Waals surface area contributed by atoms with Crippen molar-refractivity contribution < 1.29 is 4.79 Å². The van der Waals surface area contributed by atoms with Crippen LogP contribution in [0.25, 0.3) is 0 Å². The molecule has 0 bridgehead atoms. The lowest BCUT2D eigenvalue weighted by Crippen LogP contribution is -2.41. The Kier molecular flexibility index (Phi) is 3.81. The number of benzene rings is 1. The first-order valence-electron chi connectivity index (χ1n) is 6.39. The lowest BCUT2D eigenvalue weighted by Gasteiger charge is -2.41. The van der Waals surface area contributed by atoms with Gasteiger partial charge in [-0.05, 0) is 42.9 Å². The van der Waals surface area contributed by atoms with Gasteiger partial charge in [-0.15, -0.1) is 0 Å². The van der Waals surface area contributed by atoms with Crippen LogP contribution < -0.4 is 11.1 Å². The highest BCUT2D eigenvalue weighted by atomic mass is 35.5. The first-order valence-corrected chi connectivity index (χ1v) is 6.77. The van der Waals surface area contributed by atoms with Gasteiger partial charge in [0.1, 0.15) is 0 Å². The van der Waals surface area contributed by atoms with Crippen molar-refractivity contribution in [2.75, 3.05) is 12.3 Å². The normalized spacial score (nSPS) is 17.0. The molecule has 0 atom stereocenters. The second-order valence-electron chi connectivity index (χ2n) is 5.13. The third-order valence-corrected chi connectivity index (χ3v) is 4.34. The number of amides is 1. The summed E-state index contributed by atoms with van der Waals surface area (Å²) in [5.74, 6) is -0.111. The summed E-state index contributed by atoms with van der Waals surface area (Å²) in [7, 11) is 0. The van der Waals surface area contributed by atoms with E-state index in [2.05, 4.69) is 12.2 Å². The van der Waals surface area contributed by atoms with Crippen LogP contribution in [0.5, 0.6) is 0 Å². The molecule has 1 aliphatic carbocycles. The Morgan fingerprint density at radius 2 is 2.22 bits per heavy atom. The summed E-state index contributed by atoms with van der Waals surface area (Å²) >= 11 is 6.02. The van der Waals surface area contributed by atoms with Gasteiger partial charge in [0.15, 0.2) is 0 Å². The molecule has 1 fully saturated rings. The van der Waals surface area contributed by atoms with Crippen molar-refractivity contribution in [3.05, 3.63) is 28.8 Å². The molecule has 0 heterocycles. The third-order valence-electron chi connectivity index (χ3n) is 4.03. The van der Waals surface area contributed by atoms with E-state index in [1.165, 1.54) is 19.3 Å². The molecule has 0 saturated heterocycles. The molecule has 1 amide bonds. The smallest absolute Gasteiger partial charge is 0.252 e. The summed E-state index contributed by atoms with van der Waals surface area (Å²) in [6, 6.07) is 4.97. The molecule has 0 spiro atoms. The Morgan fingerprint density at radius 3 is 2.72 bits per heavy atom. The maximum Gasteiger partial charge on any atom is 0.252 e. The lowest BCUT2D eigenvalue weighted by molar-refractivity contribution is 0.0850. The number of rotatable bonds is 4. The van der Waals surface area contributed by atoms with Crippen molar-refractivity contribution in [2.45, 2.75) is 32.6 Å². The number of anilines is 1. The van der Waals surface area contributed by atoms with E-state index in [9.17, 15) is 4.79 Å². The zero-order chi connectivity index (χ0) is 13.2. The van der Waals surface area contributed by atoms with Crippen LogP contribution in [0.1, 0.15) is 43.0 Å². The molecule has 0 unspecified atom stereocenters. The van der Waals surface area contributed by atoms with Gasteiger partial charge in [0, 0.05) is 12.2 Å². The van der Waals surface area contributed by atoms with Gasteiger partial charge in [0.05, 0.1) is 10.6 Å². The second-order valence-corrected chi connectivity index (χ2v) is 5.54. The fraction of sp³-hybridized carbons (Fsp3) is 0.500. The Hall–Kier alpha value is -1.22. The predicted octanol–water partition coefficient (Wildman–Crippen LogP) is 3.23. The van der Waals surface area contributed by atoms with E-state index in [1.807, 2.05) is 0 Å². The Morgan fingerprint density at radius 1 is 1.50 bits per heavy atom. The molecule has 0 aromatic heterocycles. The number of nitrogen functional groups attached to an aromatic ring is 1. The van der Waals surface area contributed by atoms with Crippen LogP contribution in [-0.2, 0) is 0 Å². The Labute approximate surface area is 113 Å². The second kappa shape index (κ2) is 5.19. The molecule has 0 radical (unpaired) electrons. The predicted molar refractivity (Wildman–Crippen MR) is 74.8 cm³/mol.